The first-order chi connectivity index (χ1) is 7.38. The molecule has 0 bridgehead atoms. The Hall–Kier alpha value is -1.48. The van der Waals surface area contributed by atoms with Gasteiger partial charge < -0.3 is 4.74 Å². The molecule has 2 nitrogen and oxygen atoms in total. The van der Waals surface area contributed by atoms with Crippen LogP contribution in [0.15, 0.2) is 53.7 Å². The number of aromatic nitrogens is 1. The largest absolute Gasteiger partial charge is 0.456 e. The number of hydrogen-bond donors (Lipinski definition) is 0. The molecule has 0 unspecified atom stereocenters. The van der Waals surface area contributed by atoms with Gasteiger partial charge >= 0.3 is 0 Å². The van der Waals surface area contributed by atoms with Gasteiger partial charge in [0.2, 0.25) is 0 Å². The first-order valence-electron chi connectivity index (χ1n) is 4.60. The van der Waals surface area contributed by atoms with Crippen molar-refractivity contribution in [3.63, 3.8) is 0 Å². The van der Waals surface area contributed by atoms with E-state index >= 15 is 0 Å². The third kappa shape index (κ3) is 2.73. The van der Waals surface area contributed by atoms with Crippen LogP contribution in [-0.4, -0.2) is 11.2 Å². The smallest absolute Gasteiger partial charge is 0.145 e. The van der Waals surface area contributed by atoms with Crippen molar-refractivity contribution in [2.45, 2.75) is 4.90 Å². The number of benzene rings is 1. The monoisotopic (exact) mass is 217 g/mol. The van der Waals surface area contributed by atoms with Crippen molar-refractivity contribution in [1.29, 1.82) is 0 Å². The summed E-state index contributed by atoms with van der Waals surface area (Å²) < 4.78 is 5.64. The van der Waals surface area contributed by atoms with Crippen molar-refractivity contribution >= 4 is 11.8 Å². The highest BCUT2D eigenvalue weighted by Crippen LogP contribution is 2.24. The van der Waals surface area contributed by atoms with Gasteiger partial charge in [0.15, 0.2) is 0 Å². The zero-order chi connectivity index (χ0) is 10.5. The maximum absolute atomic E-state index is 5.64. The molecule has 0 aliphatic heterocycles. The highest BCUT2D eigenvalue weighted by atomic mass is 32.2. The molecule has 0 spiro atoms. The molecule has 1 aromatic heterocycles. The van der Waals surface area contributed by atoms with Crippen molar-refractivity contribution in [3.8, 4) is 11.5 Å². The molecule has 76 valence electrons. The summed E-state index contributed by atoms with van der Waals surface area (Å²) in [7, 11) is 0. The zero-order valence-corrected chi connectivity index (χ0v) is 9.20. The first-order valence-corrected chi connectivity index (χ1v) is 5.83. The minimum Gasteiger partial charge on any atom is -0.456 e. The van der Waals surface area contributed by atoms with Gasteiger partial charge in [-0.1, -0.05) is 6.07 Å². The molecule has 1 heterocycles. The summed E-state index contributed by atoms with van der Waals surface area (Å²) in [5, 5.41) is 0. The Morgan fingerprint density at radius 1 is 1.13 bits per heavy atom. The molecule has 2 rings (SSSR count). The molecular weight excluding hydrogens is 206 g/mol. The lowest BCUT2D eigenvalue weighted by atomic mass is 10.3. The molecule has 0 saturated carbocycles. The maximum Gasteiger partial charge on any atom is 0.145 e. The van der Waals surface area contributed by atoms with E-state index in [1.165, 1.54) is 4.90 Å². The van der Waals surface area contributed by atoms with Gasteiger partial charge in [0.1, 0.15) is 11.5 Å². The van der Waals surface area contributed by atoms with Crippen molar-refractivity contribution in [2.24, 2.45) is 0 Å². The third-order valence-electron chi connectivity index (χ3n) is 1.91. The molecule has 0 saturated heterocycles. The molecule has 0 radical (unpaired) electrons. The highest BCUT2D eigenvalue weighted by molar-refractivity contribution is 7.98. The number of ether oxygens (including phenoxy) is 1. The van der Waals surface area contributed by atoms with Gasteiger partial charge in [0, 0.05) is 11.1 Å². The van der Waals surface area contributed by atoms with Crippen molar-refractivity contribution in [3.05, 3.63) is 48.8 Å². The summed E-state index contributed by atoms with van der Waals surface area (Å²) in [5.41, 5.74) is 0. The Bertz CT molecular complexity index is 431. The van der Waals surface area contributed by atoms with E-state index in [-0.39, 0.29) is 0 Å². The van der Waals surface area contributed by atoms with Gasteiger partial charge in [-0.3, -0.25) is 4.98 Å². The van der Waals surface area contributed by atoms with E-state index in [2.05, 4.69) is 11.1 Å². The fraction of sp³-hybridized carbons (Fsp3) is 0.0833. The Balaban J connectivity index is 2.17. The van der Waals surface area contributed by atoms with Crippen LogP contribution < -0.4 is 4.74 Å². The minimum absolute atomic E-state index is 0.760. The van der Waals surface area contributed by atoms with Gasteiger partial charge in [0.25, 0.3) is 0 Å². The molecule has 0 amide bonds. The van der Waals surface area contributed by atoms with Crippen LogP contribution in [0.1, 0.15) is 0 Å². The molecule has 1 aromatic carbocycles. The Morgan fingerprint density at radius 3 is 2.73 bits per heavy atom. The second kappa shape index (κ2) is 4.84. The van der Waals surface area contributed by atoms with Crippen LogP contribution in [0.3, 0.4) is 0 Å². The fourth-order valence-corrected chi connectivity index (χ4v) is 1.66. The van der Waals surface area contributed by atoms with Gasteiger partial charge in [-0.2, -0.15) is 0 Å². The summed E-state index contributed by atoms with van der Waals surface area (Å²) in [6.07, 6.45) is 5.47. The van der Waals surface area contributed by atoms with Crippen LogP contribution in [0, 0.1) is 0 Å². The fourth-order valence-electron chi connectivity index (χ4n) is 1.21. The van der Waals surface area contributed by atoms with Crippen molar-refractivity contribution < 1.29 is 4.74 Å². The second-order valence-electron chi connectivity index (χ2n) is 2.97. The average molecular weight is 217 g/mol. The number of hydrogen-bond acceptors (Lipinski definition) is 3. The van der Waals surface area contributed by atoms with E-state index in [9.17, 15) is 0 Å². The molecule has 0 fully saturated rings. The topological polar surface area (TPSA) is 22.1 Å². The van der Waals surface area contributed by atoms with Crippen LogP contribution in [-0.2, 0) is 0 Å². The molecule has 0 aliphatic carbocycles. The first kappa shape index (κ1) is 10.1. The van der Waals surface area contributed by atoms with E-state index in [1.807, 2.05) is 36.6 Å². The molecule has 0 atom stereocenters. The average Bonchev–Trinajstić information content (AvgIpc) is 2.31. The lowest BCUT2D eigenvalue weighted by Gasteiger charge is -2.05. The minimum atomic E-state index is 0.760. The van der Waals surface area contributed by atoms with E-state index in [0.29, 0.717) is 0 Å². The van der Waals surface area contributed by atoms with Gasteiger partial charge in [0.05, 0.1) is 6.20 Å². The lowest BCUT2D eigenvalue weighted by Crippen LogP contribution is -1.84. The quantitative estimate of drug-likeness (QED) is 0.733. The van der Waals surface area contributed by atoms with Gasteiger partial charge in [-0.15, -0.1) is 11.8 Å². The predicted molar refractivity (Wildman–Crippen MR) is 62.5 cm³/mol. The van der Waals surface area contributed by atoms with E-state index in [0.717, 1.165) is 11.5 Å². The predicted octanol–water partition coefficient (Wildman–Crippen LogP) is 3.60. The summed E-state index contributed by atoms with van der Waals surface area (Å²) in [5.74, 6) is 1.60. The van der Waals surface area contributed by atoms with Crippen LogP contribution in [0.25, 0.3) is 0 Å². The Labute approximate surface area is 93.3 Å². The number of rotatable bonds is 3. The summed E-state index contributed by atoms with van der Waals surface area (Å²) >= 11 is 1.70. The highest BCUT2D eigenvalue weighted by Gasteiger charge is 1.97. The lowest BCUT2D eigenvalue weighted by molar-refractivity contribution is 0.479. The second-order valence-corrected chi connectivity index (χ2v) is 3.85. The van der Waals surface area contributed by atoms with Gasteiger partial charge in [-0.05, 0) is 36.6 Å². The van der Waals surface area contributed by atoms with Crippen LogP contribution >= 0.6 is 11.8 Å². The molecule has 0 aliphatic rings. The normalized spacial score (nSPS) is 9.93. The molecule has 3 heteroatoms. The van der Waals surface area contributed by atoms with E-state index in [4.69, 9.17) is 4.74 Å². The number of nitrogens with zero attached hydrogens (tertiary/aromatic N) is 1. The van der Waals surface area contributed by atoms with Crippen LogP contribution in [0.2, 0.25) is 0 Å². The van der Waals surface area contributed by atoms with Crippen molar-refractivity contribution in [1.82, 2.24) is 4.98 Å². The van der Waals surface area contributed by atoms with Gasteiger partial charge in [-0.25, -0.2) is 0 Å². The molecular formula is C12H11NOS. The summed E-state index contributed by atoms with van der Waals surface area (Å²) in [6, 6.07) is 11.7. The van der Waals surface area contributed by atoms with Crippen LogP contribution in [0.5, 0.6) is 11.5 Å². The zero-order valence-electron chi connectivity index (χ0n) is 8.38. The maximum atomic E-state index is 5.64. The van der Waals surface area contributed by atoms with Crippen molar-refractivity contribution in [2.75, 3.05) is 6.26 Å². The molecule has 15 heavy (non-hydrogen) atoms. The molecule has 2 aromatic rings. The van der Waals surface area contributed by atoms with E-state index in [1.54, 1.807) is 24.2 Å². The molecule has 0 N–H and O–H groups in total. The SMILES string of the molecule is CSc1cccc(Oc2cccnc2)c1. The summed E-state index contributed by atoms with van der Waals surface area (Å²) in [4.78, 5) is 5.18. The van der Waals surface area contributed by atoms with E-state index < -0.39 is 0 Å². The van der Waals surface area contributed by atoms with Crippen LogP contribution in [0.4, 0.5) is 0 Å². The Morgan fingerprint density at radius 2 is 2.00 bits per heavy atom. The number of pyridine rings is 1. The Kier molecular flexibility index (Phi) is 3.25. The summed E-state index contributed by atoms with van der Waals surface area (Å²) in [6.45, 7) is 0. The third-order valence-corrected chi connectivity index (χ3v) is 2.64. The number of thioether (sulfide) groups is 1. The standard InChI is InChI=1S/C12H11NOS/c1-15-12-6-2-4-10(8-12)14-11-5-3-7-13-9-11/h2-9H,1H3.